The van der Waals surface area contributed by atoms with Crippen LogP contribution in [0.5, 0.6) is 0 Å². The molecular formula is C25H32N6O2. The fraction of sp³-hybridized carbons (Fsp3) is 0.480. The van der Waals surface area contributed by atoms with Gasteiger partial charge in [-0.2, -0.15) is 0 Å². The van der Waals surface area contributed by atoms with Crippen molar-refractivity contribution in [1.29, 1.82) is 0 Å². The molecule has 3 aromatic rings. The number of nitrogens with one attached hydrogen (secondary N) is 1. The Morgan fingerprint density at radius 1 is 1.12 bits per heavy atom. The van der Waals surface area contributed by atoms with Crippen LogP contribution in [0.2, 0.25) is 0 Å². The van der Waals surface area contributed by atoms with Crippen molar-refractivity contribution in [2.75, 3.05) is 6.54 Å². The molecule has 1 atom stereocenters. The van der Waals surface area contributed by atoms with Gasteiger partial charge in [0.25, 0.3) is 0 Å². The first-order valence-corrected chi connectivity index (χ1v) is 12.0. The van der Waals surface area contributed by atoms with E-state index in [9.17, 15) is 9.59 Å². The van der Waals surface area contributed by atoms with Gasteiger partial charge >= 0.3 is 0 Å². The summed E-state index contributed by atoms with van der Waals surface area (Å²) in [5, 5.41) is 11.6. The number of fused-ring (bicyclic) bond motifs is 1. The van der Waals surface area contributed by atoms with Crippen molar-refractivity contribution >= 4 is 22.8 Å². The van der Waals surface area contributed by atoms with Gasteiger partial charge < -0.3 is 10.2 Å². The van der Waals surface area contributed by atoms with Crippen LogP contribution in [0.4, 0.5) is 0 Å². The number of nitrogens with zero attached hydrogens (tertiary/aromatic N) is 5. The summed E-state index contributed by atoms with van der Waals surface area (Å²) in [5.74, 6) is -0.277. The maximum atomic E-state index is 13.6. The summed E-state index contributed by atoms with van der Waals surface area (Å²) in [6.07, 6.45) is 10.5. The van der Waals surface area contributed by atoms with Crippen molar-refractivity contribution in [2.24, 2.45) is 0 Å². The zero-order chi connectivity index (χ0) is 23.0. The number of hydrogen-bond donors (Lipinski definition) is 1. The van der Waals surface area contributed by atoms with E-state index in [4.69, 9.17) is 0 Å². The Bertz CT molecular complexity index is 1060. The smallest absolute Gasteiger partial charge is 0.247 e. The summed E-state index contributed by atoms with van der Waals surface area (Å²) in [6.45, 7) is 2.60. The number of rotatable bonds is 9. The highest BCUT2D eigenvalue weighted by molar-refractivity contribution is 5.89. The third kappa shape index (κ3) is 5.56. The summed E-state index contributed by atoms with van der Waals surface area (Å²) in [6, 6.07) is 10.7. The van der Waals surface area contributed by atoms with Crippen LogP contribution in [0.3, 0.4) is 0 Å². The summed E-state index contributed by atoms with van der Waals surface area (Å²) in [4.78, 5) is 33.0. The molecule has 33 heavy (non-hydrogen) atoms. The largest absolute Gasteiger partial charge is 0.351 e. The molecule has 8 nitrogen and oxygen atoms in total. The highest BCUT2D eigenvalue weighted by Crippen LogP contribution is 2.25. The summed E-state index contributed by atoms with van der Waals surface area (Å²) >= 11 is 0. The molecule has 1 aromatic carbocycles. The van der Waals surface area contributed by atoms with Gasteiger partial charge in [0.1, 0.15) is 18.1 Å². The van der Waals surface area contributed by atoms with Gasteiger partial charge in [0, 0.05) is 25.0 Å². The van der Waals surface area contributed by atoms with E-state index in [1.165, 1.54) is 6.42 Å². The Labute approximate surface area is 194 Å². The Balaban J connectivity index is 1.62. The predicted octanol–water partition coefficient (Wildman–Crippen LogP) is 3.65. The summed E-state index contributed by atoms with van der Waals surface area (Å²) in [7, 11) is 0. The van der Waals surface area contributed by atoms with Crippen molar-refractivity contribution in [3.8, 4) is 0 Å². The molecule has 1 saturated carbocycles. The second-order valence-corrected chi connectivity index (χ2v) is 8.70. The zero-order valence-corrected chi connectivity index (χ0v) is 19.2. The predicted molar refractivity (Wildman–Crippen MR) is 126 cm³/mol. The maximum Gasteiger partial charge on any atom is 0.247 e. The number of carbonyl (C=O) groups excluding carboxylic acids is 2. The van der Waals surface area contributed by atoms with E-state index in [0.29, 0.717) is 6.54 Å². The molecule has 2 heterocycles. The Morgan fingerprint density at radius 3 is 2.64 bits per heavy atom. The molecule has 0 bridgehead atoms. The lowest BCUT2D eigenvalue weighted by Crippen LogP contribution is -2.48. The van der Waals surface area contributed by atoms with E-state index < -0.39 is 6.04 Å². The van der Waals surface area contributed by atoms with E-state index in [2.05, 4.69) is 27.5 Å². The van der Waals surface area contributed by atoms with E-state index >= 15 is 0 Å². The highest BCUT2D eigenvalue weighted by atomic mass is 16.2. The van der Waals surface area contributed by atoms with E-state index in [-0.39, 0.29) is 24.4 Å². The van der Waals surface area contributed by atoms with Crippen LogP contribution < -0.4 is 5.32 Å². The second-order valence-electron chi connectivity index (χ2n) is 8.70. The lowest BCUT2D eigenvalue weighted by molar-refractivity contribution is -0.142. The van der Waals surface area contributed by atoms with Crippen LogP contribution >= 0.6 is 0 Å². The van der Waals surface area contributed by atoms with Crippen molar-refractivity contribution in [3.63, 3.8) is 0 Å². The minimum Gasteiger partial charge on any atom is -0.351 e. The fourth-order valence-corrected chi connectivity index (χ4v) is 4.52. The van der Waals surface area contributed by atoms with E-state index in [1.54, 1.807) is 22.0 Å². The molecule has 174 valence electrons. The molecule has 0 unspecified atom stereocenters. The zero-order valence-electron chi connectivity index (χ0n) is 19.2. The Morgan fingerprint density at radius 2 is 1.88 bits per heavy atom. The second kappa shape index (κ2) is 11.0. The number of amides is 2. The van der Waals surface area contributed by atoms with Crippen molar-refractivity contribution < 1.29 is 9.59 Å². The van der Waals surface area contributed by atoms with Gasteiger partial charge in [0.2, 0.25) is 11.8 Å². The standard InChI is InChI=1S/C25H32N6O2/c1-2-3-17-30(23(32)18-31-22-12-8-7-11-21(22)28-29-31)24(19-13-15-26-16-14-19)25(33)27-20-9-5-4-6-10-20/h7-8,11-16,20,24H,2-6,9-10,17-18H2,1H3,(H,27,33)/t24-/m0/s1. The lowest BCUT2D eigenvalue weighted by Gasteiger charge is -2.33. The number of carbonyl (C=O) groups is 2. The minimum atomic E-state index is -0.705. The Hall–Kier alpha value is -3.29. The van der Waals surface area contributed by atoms with Crippen molar-refractivity contribution in [2.45, 2.75) is 70.5 Å². The first-order valence-electron chi connectivity index (χ1n) is 12.0. The molecular weight excluding hydrogens is 416 g/mol. The molecule has 1 aliphatic carbocycles. The molecule has 1 fully saturated rings. The van der Waals surface area contributed by atoms with E-state index in [1.807, 2.05) is 36.4 Å². The maximum absolute atomic E-state index is 13.6. The SMILES string of the molecule is CCCCN(C(=O)Cn1nnc2ccccc21)[C@H](C(=O)NC1CCCCC1)c1ccncc1. The number of unbranched alkanes of at least 4 members (excludes halogenated alkanes) is 1. The van der Waals surface area contributed by atoms with Gasteiger partial charge in [0.05, 0.1) is 5.52 Å². The normalized spacial score (nSPS) is 15.3. The molecule has 0 spiro atoms. The third-order valence-corrected chi connectivity index (χ3v) is 6.31. The Kier molecular flexibility index (Phi) is 7.65. The third-order valence-electron chi connectivity index (χ3n) is 6.31. The average molecular weight is 449 g/mol. The first kappa shape index (κ1) is 22.9. The molecule has 1 aliphatic rings. The van der Waals surface area contributed by atoms with Gasteiger partial charge in [-0.1, -0.05) is 50.0 Å². The highest BCUT2D eigenvalue weighted by Gasteiger charge is 2.33. The summed E-state index contributed by atoms with van der Waals surface area (Å²) < 4.78 is 1.61. The van der Waals surface area contributed by atoms with Gasteiger partial charge in [-0.25, -0.2) is 4.68 Å². The molecule has 0 aliphatic heterocycles. The van der Waals surface area contributed by atoms with Crippen LogP contribution in [0.15, 0.2) is 48.8 Å². The first-order chi connectivity index (χ1) is 16.2. The summed E-state index contributed by atoms with van der Waals surface area (Å²) in [5.41, 5.74) is 2.31. The number of pyridine rings is 1. The molecule has 4 rings (SSSR count). The molecule has 2 aromatic heterocycles. The molecule has 2 amide bonds. The van der Waals surface area contributed by atoms with Crippen LogP contribution in [0.25, 0.3) is 11.0 Å². The van der Waals surface area contributed by atoms with Gasteiger partial charge in [0.15, 0.2) is 0 Å². The fourth-order valence-electron chi connectivity index (χ4n) is 4.52. The number of aromatic nitrogens is 4. The number of para-hydroxylation sites is 1. The van der Waals surface area contributed by atoms with Gasteiger partial charge in [-0.3, -0.25) is 14.6 Å². The lowest BCUT2D eigenvalue weighted by atomic mass is 9.94. The number of benzene rings is 1. The quantitative estimate of drug-likeness (QED) is 0.539. The number of hydrogen-bond acceptors (Lipinski definition) is 5. The van der Waals surface area contributed by atoms with Crippen LogP contribution in [0.1, 0.15) is 63.5 Å². The van der Waals surface area contributed by atoms with E-state index in [0.717, 1.165) is 55.1 Å². The van der Waals surface area contributed by atoms with Gasteiger partial charge in [-0.05, 0) is 49.1 Å². The van der Waals surface area contributed by atoms with Gasteiger partial charge in [-0.15, -0.1) is 5.10 Å². The minimum absolute atomic E-state index is 0.0303. The topological polar surface area (TPSA) is 93.0 Å². The van der Waals surface area contributed by atoms with Crippen LogP contribution in [-0.4, -0.2) is 49.3 Å². The average Bonchev–Trinajstić information content (AvgIpc) is 3.25. The van der Waals surface area contributed by atoms with Crippen molar-refractivity contribution in [3.05, 3.63) is 54.4 Å². The van der Waals surface area contributed by atoms with Crippen molar-refractivity contribution in [1.82, 2.24) is 30.2 Å². The monoisotopic (exact) mass is 448 g/mol. The van der Waals surface area contributed by atoms with Crippen LogP contribution in [0, 0.1) is 0 Å². The molecule has 0 radical (unpaired) electrons. The molecule has 8 heteroatoms. The molecule has 1 N–H and O–H groups in total. The van der Waals surface area contributed by atoms with Crippen LogP contribution in [-0.2, 0) is 16.1 Å². The molecule has 0 saturated heterocycles.